The first-order valence-electron chi connectivity index (χ1n) is 5.42. The predicted molar refractivity (Wildman–Crippen MR) is 66.8 cm³/mol. The monoisotopic (exact) mass is 288 g/mol. The number of rotatable bonds is 3. The van der Waals surface area contributed by atoms with Gasteiger partial charge in [-0.15, -0.1) is 24.5 Å². The van der Waals surface area contributed by atoms with Gasteiger partial charge in [0.1, 0.15) is 10.8 Å². The fourth-order valence-electron chi connectivity index (χ4n) is 1.46. The van der Waals surface area contributed by atoms with Crippen molar-refractivity contribution in [2.24, 2.45) is 5.73 Å². The van der Waals surface area contributed by atoms with Gasteiger partial charge in [0.05, 0.1) is 11.7 Å². The Balaban J connectivity index is 2.17. The molecule has 0 aliphatic heterocycles. The topological polar surface area (TPSA) is 48.1 Å². The fourth-order valence-corrected chi connectivity index (χ4v) is 2.24. The van der Waals surface area contributed by atoms with Gasteiger partial charge >= 0.3 is 6.36 Å². The molecule has 1 heterocycles. The summed E-state index contributed by atoms with van der Waals surface area (Å²) in [6.07, 6.45) is -4.68. The van der Waals surface area contributed by atoms with Crippen molar-refractivity contribution in [1.82, 2.24) is 4.98 Å². The van der Waals surface area contributed by atoms with Crippen molar-refractivity contribution in [2.75, 3.05) is 0 Å². The Bertz CT molecular complexity index is 549. The summed E-state index contributed by atoms with van der Waals surface area (Å²) < 4.78 is 39.8. The van der Waals surface area contributed by atoms with Gasteiger partial charge in [-0.3, -0.25) is 0 Å². The van der Waals surface area contributed by atoms with Gasteiger partial charge in [0, 0.05) is 10.9 Å². The van der Waals surface area contributed by atoms with Crippen LogP contribution in [0.4, 0.5) is 13.2 Å². The summed E-state index contributed by atoms with van der Waals surface area (Å²) in [5.74, 6) is -0.251. The largest absolute Gasteiger partial charge is 0.573 e. The second kappa shape index (κ2) is 5.18. The first-order valence-corrected chi connectivity index (χ1v) is 6.30. The number of ether oxygens (including phenoxy) is 1. The molecule has 0 bridgehead atoms. The van der Waals surface area contributed by atoms with Crippen molar-refractivity contribution in [2.45, 2.75) is 19.3 Å². The van der Waals surface area contributed by atoms with Crippen LogP contribution in [0.3, 0.4) is 0 Å². The Hall–Kier alpha value is -1.60. The lowest BCUT2D eigenvalue weighted by molar-refractivity contribution is -0.274. The molecule has 2 rings (SSSR count). The third kappa shape index (κ3) is 3.68. The molecule has 1 aromatic carbocycles. The Kier molecular flexibility index (Phi) is 3.77. The van der Waals surface area contributed by atoms with Crippen LogP contribution in [-0.2, 0) is 0 Å². The average molecular weight is 288 g/mol. The zero-order valence-electron chi connectivity index (χ0n) is 9.94. The molecule has 1 unspecified atom stereocenters. The maximum absolute atomic E-state index is 12.0. The lowest BCUT2D eigenvalue weighted by atomic mass is 10.2. The number of alkyl halides is 3. The van der Waals surface area contributed by atoms with Gasteiger partial charge in [-0.1, -0.05) is 0 Å². The number of nitrogens with two attached hydrogens (primary N) is 1. The minimum absolute atomic E-state index is 0.161. The molecule has 0 spiro atoms. The standard InChI is InChI=1S/C12H11F3N2OS/c1-7(16)11-17-10(6-19-11)8-2-4-9(5-3-8)18-12(13,14)15/h2-7H,16H2,1H3. The number of hydrogen-bond acceptors (Lipinski definition) is 4. The molecule has 0 saturated carbocycles. The zero-order valence-corrected chi connectivity index (χ0v) is 10.8. The molecule has 2 aromatic rings. The first kappa shape index (κ1) is 13.8. The van der Waals surface area contributed by atoms with E-state index in [2.05, 4.69) is 9.72 Å². The SMILES string of the molecule is CC(N)c1nc(-c2ccc(OC(F)(F)F)cc2)cs1. The van der Waals surface area contributed by atoms with Crippen molar-refractivity contribution < 1.29 is 17.9 Å². The van der Waals surface area contributed by atoms with Gasteiger partial charge < -0.3 is 10.5 Å². The lowest BCUT2D eigenvalue weighted by Gasteiger charge is -2.08. The Morgan fingerprint density at radius 1 is 1.26 bits per heavy atom. The van der Waals surface area contributed by atoms with Crippen molar-refractivity contribution in [1.29, 1.82) is 0 Å². The molecular formula is C12H11F3N2OS. The highest BCUT2D eigenvalue weighted by Gasteiger charge is 2.30. The number of thiazole rings is 1. The molecular weight excluding hydrogens is 277 g/mol. The summed E-state index contributed by atoms with van der Waals surface area (Å²) >= 11 is 1.42. The molecule has 102 valence electrons. The molecule has 1 aromatic heterocycles. The van der Waals surface area contributed by atoms with Crippen molar-refractivity contribution in [3.63, 3.8) is 0 Å². The molecule has 0 amide bonds. The molecule has 0 aliphatic carbocycles. The molecule has 0 saturated heterocycles. The summed E-state index contributed by atoms with van der Waals surface area (Å²) in [7, 11) is 0. The van der Waals surface area contributed by atoms with E-state index in [1.54, 1.807) is 0 Å². The van der Waals surface area contributed by atoms with Crippen LogP contribution in [0.2, 0.25) is 0 Å². The minimum atomic E-state index is -4.68. The quantitative estimate of drug-likeness (QED) is 0.936. The third-order valence-corrected chi connectivity index (χ3v) is 3.34. The molecule has 2 N–H and O–H groups in total. The van der Waals surface area contributed by atoms with Crippen LogP contribution in [0.15, 0.2) is 29.6 Å². The summed E-state index contributed by atoms with van der Waals surface area (Å²) in [5.41, 5.74) is 7.11. The van der Waals surface area contributed by atoms with Crippen molar-refractivity contribution in [3.05, 3.63) is 34.7 Å². The Morgan fingerprint density at radius 3 is 2.37 bits per heavy atom. The van der Waals surface area contributed by atoms with Gasteiger partial charge in [-0.05, 0) is 31.2 Å². The third-order valence-electron chi connectivity index (χ3n) is 2.30. The van der Waals surface area contributed by atoms with E-state index in [1.165, 1.54) is 35.6 Å². The number of halogens is 3. The van der Waals surface area contributed by atoms with Crippen LogP contribution in [0.25, 0.3) is 11.3 Å². The van der Waals surface area contributed by atoms with E-state index >= 15 is 0 Å². The minimum Gasteiger partial charge on any atom is -0.406 e. The number of aromatic nitrogens is 1. The van der Waals surface area contributed by atoms with Gasteiger partial charge in [0.25, 0.3) is 0 Å². The molecule has 19 heavy (non-hydrogen) atoms. The summed E-state index contributed by atoms with van der Waals surface area (Å²) in [6, 6.07) is 5.41. The van der Waals surface area contributed by atoms with Crippen molar-refractivity contribution in [3.8, 4) is 17.0 Å². The molecule has 3 nitrogen and oxygen atoms in total. The van der Waals surface area contributed by atoms with Crippen LogP contribution in [0, 0.1) is 0 Å². The van der Waals surface area contributed by atoms with Gasteiger partial charge in [-0.25, -0.2) is 4.98 Å². The number of benzene rings is 1. The summed E-state index contributed by atoms with van der Waals surface area (Å²) in [5, 5.41) is 2.60. The first-order chi connectivity index (χ1) is 8.85. The van der Waals surface area contributed by atoms with Gasteiger partial charge in [-0.2, -0.15) is 0 Å². The van der Waals surface area contributed by atoms with Crippen LogP contribution in [-0.4, -0.2) is 11.3 Å². The molecule has 1 atom stereocenters. The van der Waals surface area contributed by atoms with E-state index in [0.29, 0.717) is 5.69 Å². The van der Waals surface area contributed by atoms with Crippen molar-refractivity contribution >= 4 is 11.3 Å². The van der Waals surface area contributed by atoms with E-state index in [1.807, 2.05) is 12.3 Å². The van der Waals surface area contributed by atoms with Crippen LogP contribution in [0.1, 0.15) is 18.0 Å². The van der Waals surface area contributed by atoms with Gasteiger partial charge in [0.15, 0.2) is 0 Å². The average Bonchev–Trinajstić information content (AvgIpc) is 2.77. The smallest absolute Gasteiger partial charge is 0.406 e. The second-order valence-corrected chi connectivity index (χ2v) is 4.82. The van der Waals surface area contributed by atoms with E-state index in [9.17, 15) is 13.2 Å². The van der Waals surface area contributed by atoms with E-state index in [-0.39, 0.29) is 11.8 Å². The van der Waals surface area contributed by atoms with E-state index in [4.69, 9.17) is 5.73 Å². The second-order valence-electron chi connectivity index (χ2n) is 3.93. The van der Waals surface area contributed by atoms with Crippen LogP contribution in [0.5, 0.6) is 5.75 Å². The lowest BCUT2D eigenvalue weighted by Crippen LogP contribution is -2.16. The fraction of sp³-hybridized carbons (Fsp3) is 0.250. The normalized spacial score (nSPS) is 13.3. The summed E-state index contributed by atoms with van der Waals surface area (Å²) in [6.45, 7) is 1.82. The van der Waals surface area contributed by atoms with Crippen LogP contribution >= 0.6 is 11.3 Å². The van der Waals surface area contributed by atoms with E-state index in [0.717, 1.165) is 10.6 Å². The highest BCUT2D eigenvalue weighted by atomic mass is 32.1. The van der Waals surface area contributed by atoms with E-state index < -0.39 is 6.36 Å². The summed E-state index contributed by atoms with van der Waals surface area (Å²) in [4.78, 5) is 4.31. The zero-order chi connectivity index (χ0) is 14.0. The predicted octanol–water partition coefficient (Wildman–Crippen LogP) is 3.73. The Morgan fingerprint density at radius 2 is 1.89 bits per heavy atom. The molecule has 7 heteroatoms. The maximum Gasteiger partial charge on any atom is 0.573 e. The highest BCUT2D eigenvalue weighted by Crippen LogP contribution is 2.28. The Labute approximate surface area is 111 Å². The highest BCUT2D eigenvalue weighted by molar-refractivity contribution is 7.10. The van der Waals surface area contributed by atoms with Gasteiger partial charge in [0.2, 0.25) is 0 Å². The molecule has 0 aliphatic rings. The van der Waals surface area contributed by atoms with Crippen LogP contribution < -0.4 is 10.5 Å². The molecule has 0 radical (unpaired) electrons. The maximum atomic E-state index is 12.0. The molecule has 0 fully saturated rings. The number of hydrogen-bond donors (Lipinski definition) is 1. The number of nitrogens with zero attached hydrogens (tertiary/aromatic N) is 1.